The fraction of sp³-hybridized carbons (Fsp3) is 0.300. The molecule has 1 aromatic carbocycles. The van der Waals surface area contributed by atoms with E-state index >= 15 is 0 Å². The zero-order chi connectivity index (χ0) is 19.6. The Morgan fingerprint density at radius 1 is 1.11 bits per heavy atom. The highest BCUT2D eigenvalue weighted by Crippen LogP contribution is 2.16. The highest BCUT2D eigenvalue weighted by molar-refractivity contribution is 6.08. The first-order valence-corrected chi connectivity index (χ1v) is 8.97. The number of nitrogens with one attached hydrogen (secondary N) is 1. The molecule has 0 spiro atoms. The lowest BCUT2D eigenvalue weighted by atomic mass is 10.1. The van der Waals surface area contributed by atoms with Crippen LogP contribution in [0, 0.1) is 13.8 Å². The summed E-state index contributed by atoms with van der Waals surface area (Å²) in [6.45, 7) is 9.02. The molecule has 0 atom stereocenters. The van der Waals surface area contributed by atoms with Gasteiger partial charge in [0, 0.05) is 35.7 Å². The lowest BCUT2D eigenvalue weighted by Crippen LogP contribution is -2.30. The summed E-state index contributed by atoms with van der Waals surface area (Å²) in [7, 11) is 0. The van der Waals surface area contributed by atoms with E-state index in [4.69, 9.17) is 0 Å². The molecule has 140 valence electrons. The van der Waals surface area contributed by atoms with Crippen molar-refractivity contribution in [1.82, 2.24) is 19.5 Å². The molecular weight excluding hydrogens is 342 g/mol. The summed E-state index contributed by atoms with van der Waals surface area (Å²) < 4.78 is 1.65. The van der Waals surface area contributed by atoms with Crippen LogP contribution in [0.15, 0.2) is 36.5 Å². The third kappa shape index (κ3) is 3.67. The average molecular weight is 365 g/mol. The Kier molecular flexibility index (Phi) is 5.21. The Morgan fingerprint density at radius 2 is 1.78 bits per heavy atom. The van der Waals surface area contributed by atoms with Gasteiger partial charge in [0.05, 0.1) is 6.20 Å². The van der Waals surface area contributed by atoms with Crippen LogP contribution in [0.3, 0.4) is 0 Å². The molecule has 0 aliphatic carbocycles. The van der Waals surface area contributed by atoms with Crippen LogP contribution in [0.5, 0.6) is 0 Å². The maximum Gasteiger partial charge on any atom is 0.261 e. The molecule has 3 aromatic rings. The average Bonchev–Trinajstić information content (AvgIpc) is 3.07. The van der Waals surface area contributed by atoms with Crippen LogP contribution in [-0.4, -0.2) is 44.4 Å². The summed E-state index contributed by atoms with van der Waals surface area (Å²) in [5.41, 5.74) is 3.88. The summed E-state index contributed by atoms with van der Waals surface area (Å²) in [6, 6.07) is 8.81. The van der Waals surface area contributed by atoms with Gasteiger partial charge in [0.25, 0.3) is 11.8 Å². The second kappa shape index (κ2) is 7.57. The zero-order valence-electron chi connectivity index (χ0n) is 16.0. The van der Waals surface area contributed by atoms with Crippen LogP contribution in [0.4, 0.5) is 5.69 Å². The van der Waals surface area contributed by atoms with Crippen molar-refractivity contribution < 1.29 is 9.59 Å². The third-order valence-electron chi connectivity index (χ3n) is 4.46. The monoisotopic (exact) mass is 365 g/mol. The number of carbonyl (C=O) groups is 2. The summed E-state index contributed by atoms with van der Waals surface area (Å²) >= 11 is 0. The van der Waals surface area contributed by atoms with Crippen molar-refractivity contribution in [2.45, 2.75) is 27.7 Å². The van der Waals surface area contributed by atoms with Crippen molar-refractivity contribution in [3.63, 3.8) is 0 Å². The molecule has 0 radical (unpaired) electrons. The van der Waals surface area contributed by atoms with Gasteiger partial charge in [-0.2, -0.15) is 5.10 Å². The normalized spacial score (nSPS) is 10.8. The Balaban J connectivity index is 1.80. The minimum atomic E-state index is -0.287. The van der Waals surface area contributed by atoms with Crippen LogP contribution >= 0.6 is 0 Å². The smallest absolute Gasteiger partial charge is 0.261 e. The van der Waals surface area contributed by atoms with E-state index in [-0.39, 0.29) is 11.8 Å². The van der Waals surface area contributed by atoms with Gasteiger partial charge in [-0.15, -0.1) is 0 Å². The van der Waals surface area contributed by atoms with Crippen LogP contribution in [0.25, 0.3) is 5.65 Å². The predicted octanol–water partition coefficient (Wildman–Crippen LogP) is 3.08. The first kappa shape index (κ1) is 18.6. The summed E-state index contributed by atoms with van der Waals surface area (Å²) in [5.74, 6) is -0.305. The second-order valence-corrected chi connectivity index (χ2v) is 6.34. The Bertz CT molecular complexity index is 988. The standard InChI is InChI=1S/C20H23N5O2/c1-5-24(6-2)20(27)15-7-9-16(10-8-15)23-19(26)17-12-21-25-14(4)11-13(3)22-18(17)25/h7-12H,5-6H2,1-4H3,(H,23,26). The number of nitrogens with zero attached hydrogens (tertiary/aromatic N) is 4. The summed E-state index contributed by atoms with van der Waals surface area (Å²) in [6.07, 6.45) is 1.52. The van der Waals surface area contributed by atoms with Gasteiger partial charge in [-0.05, 0) is 58.0 Å². The molecule has 0 saturated heterocycles. The molecule has 0 aliphatic rings. The third-order valence-corrected chi connectivity index (χ3v) is 4.46. The van der Waals surface area contributed by atoms with Crippen molar-refractivity contribution in [3.05, 3.63) is 59.0 Å². The number of hydrogen-bond acceptors (Lipinski definition) is 4. The molecule has 2 aromatic heterocycles. The van der Waals surface area contributed by atoms with Crippen LogP contribution in [-0.2, 0) is 0 Å². The van der Waals surface area contributed by atoms with Crippen LogP contribution in [0.1, 0.15) is 46.0 Å². The van der Waals surface area contributed by atoms with E-state index in [2.05, 4.69) is 15.4 Å². The van der Waals surface area contributed by atoms with E-state index in [1.54, 1.807) is 33.7 Å². The van der Waals surface area contributed by atoms with Crippen molar-refractivity contribution >= 4 is 23.1 Å². The van der Waals surface area contributed by atoms with E-state index in [1.807, 2.05) is 33.8 Å². The molecule has 3 rings (SSSR count). The summed E-state index contributed by atoms with van der Waals surface area (Å²) in [4.78, 5) is 31.2. The first-order valence-electron chi connectivity index (χ1n) is 8.97. The Hall–Kier alpha value is -3.22. The van der Waals surface area contributed by atoms with Gasteiger partial charge in [0.2, 0.25) is 0 Å². The van der Waals surface area contributed by atoms with E-state index in [0.29, 0.717) is 35.6 Å². The molecule has 0 saturated carbocycles. The second-order valence-electron chi connectivity index (χ2n) is 6.34. The number of hydrogen-bond donors (Lipinski definition) is 1. The van der Waals surface area contributed by atoms with E-state index in [1.165, 1.54) is 6.20 Å². The SMILES string of the molecule is CCN(CC)C(=O)c1ccc(NC(=O)c2cnn3c(C)cc(C)nc23)cc1. The van der Waals surface area contributed by atoms with Crippen LogP contribution in [0.2, 0.25) is 0 Å². The van der Waals surface area contributed by atoms with Gasteiger partial charge < -0.3 is 10.2 Å². The minimum absolute atomic E-state index is 0.0179. The Morgan fingerprint density at radius 3 is 2.41 bits per heavy atom. The van der Waals surface area contributed by atoms with E-state index in [9.17, 15) is 9.59 Å². The molecule has 7 heteroatoms. The highest BCUT2D eigenvalue weighted by Gasteiger charge is 2.16. The largest absolute Gasteiger partial charge is 0.339 e. The molecular formula is C20H23N5O2. The fourth-order valence-corrected chi connectivity index (χ4v) is 3.02. The lowest BCUT2D eigenvalue weighted by Gasteiger charge is -2.18. The number of benzene rings is 1. The van der Waals surface area contributed by atoms with Gasteiger partial charge in [-0.1, -0.05) is 0 Å². The number of aryl methyl sites for hydroxylation is 2. The highest BCUT2D eigenvalue weighted by atomic mass is 16.2. The summed E-state index contributed by atoms with van der Waals surface area (Å²) in [5, 5.41) is 7.08. The van der Waals surface area contributed by atoms with Crippen molar-refractivity contribution in [1.29, 1.82) is 0 Å². The molecule has 2 heterocycles. The number of aromatic nitrogens is 3. The predicted molar refractivity (Wildman–Crippen MR) is 104 cm³/mol. The van der Waals surface area contributed by atoms with Crippen LogP contribution < -0.4 is 5.32 Å². The van der Waals surface area contributed by atoms with E-state index < -0.39 is 0 Å². The van der Waals surface area contributed by atoms with Gasteiger partial charge in [-0.3, -0.25) is 9.59 Å². The van der Waals surface area contributed by atoms with Gasteiger partial charge in [-0.25, -0.2) is 9.50 Å². The molecule has 0 unspecified atom stereocenters. The molecule has 2 amide bonds. The number of anilines is 1. The van der Waals surface area contributed by atoms with Gasteiger partial charge in [0.15, 0.2) is 5.65 Å². The van der Waals surface area contributed by atoms with E-state index in [0.717, 1.165) is 11.4 Å². The van der Waals surface area contributed by atoms with Gasteiger partial charge in [0.1, 0.15) is 5.56 Å². The maximum absolute atomic E-state index is 12.7. The molecule has 1 N–H and O–H groups in total. The number of carbonyl (C=O) groups excluding carboxylic acids is 2. The minimum Gasteiger partial charge on any atom is -0.339 e. The van der Waals surface area contributed by atoms with Crippen molar-refractivity contribution in [3.8, 4) is 0 Å². The quantitative estimate of drug-likeness (QED) is 0.753. The topological polar surface area (TPSA) is 79.6 Å². The zero-order valence-corrected chi connectivity index (χ0v) is 16.0. The maximum atomic E-state index is 12.7. The first-order chi connectivity index (χ1) is 12.9. The van der Waals surface area contributed by atoms with Crippen molar-refractivity contribution in [2.75, 3.05) is 18.4 Å². The Labute approximate surface area is 158 Å². The molecule has 0 fully saturated rings. The molecule has 27 heavy (non-hydrogen) atoms. The van der Waals surface area contributed by atoms with Gasteiger partial charge >= 0.3 is 0 Å². The number of fused-ring (bicyclic) bond motifs is 1. The molecule has 0 bridgehead atoms. The number of amides is 2. The lowest BCUT2D eigenvalue weighted by molar-refractivity contribution is 0.0773. The van der Waals surface area contributed by atoms with Crippen molar-refractivity contribution in [2.24, 2.45) is 0 Å². The fourth-order valence-electron chi connectivity index (χ4n) is 3.02. The number of rotatable bonds is 5. The molecule has 0 aliphatic heterocycles. The molecule has 7 nitrogen and oxygen atoms in total.